The molecule has 0 fully saturated rings. The minimum Gasteiger partial charge on any atom is -0.491 e. The number of hydrogen-bond donors (Lipinski definition) is 4. The van der Waals surface area contributed by atoms with Crippen LogP contribution in [-0.4, -0.2) is 24.6 Å². The second-order valence-corrected chi connectivity index (χ2v) is 5.03. The molecule has 1 rings (SSSR count). The van der Waals surface area contributed by atoms with Gasteiger partial charge in [0, 0.05) is 3.57 Å². The molecule has 0 radical (unpaired) electrons. The van der Waals surface area contributed by atoms with Crippen molar-refractivity contribution >= 4 is 34.5 Å². The molecule has 0 amide bonds. The summed E-state index contributed by atoms with van der Waals surface area (Å²) in [5.41, 5.74) is 18.3. The third-order valence-corrected chi connectivity index (χ3v) is 2.62. The summed E-state index contributed by atoms with van der Waals surface area (Å²) in [4.78, 5) is 4.12. The Hall–Kier alpha value is -1.71. The average molecular weight is 376 g/mol. The van der Waals surface area contributed by atoms with E-state index in [9.17, 15) is 0 Å². The van der Waals surface area contributed by atoms with Gasteiger partial charge in [-0.25, -0.2) is 10.4 Å². The lowest BCUT2D eigenvalue weighted by atomic mass is 10.3. The van der Waals surface area contributed by atoms with E-state index in [1.165, 1.54) is 0 Å². The van der Waals surface area contributed by atoms with Crippen LogP contribution in [0.1, 0.15) is 6.92 Å². The summed E-state index contributed by atoms with van der Waals surface area (Å²) in [5, 5.41) is 3.53. The Labute approximate surface area is 125 Å². The van der Waals surface area contributed by atoms with Gasteiger partial charge < -0.3 is 21.9 Å². The first kappa shape index (κ1) is 15.3. The molecule has 1 aromatic rings. The fourth-order valence-corrected chi connectivity index (χ4v) is 1.71. The van der Waals surface area contributed by atoms with Crippen molar-refractivity contribution in [3.8, 4) is 5.75 Å². The van der Waals surface area contributed by atoms with Crippen molar-refractivity contribution in [3.63, 3.8) is 0 Å². The van der Waals surface area contributed by atoms with Gasteiger partial charge in [0.25, 0.3) is 0 Å². The number of aliphatic imine (C=N–C) groups is 1. The van der Waals surface area contributed by atoms with E-state index < -0.39 is 0 Å². The summed E-state index contributed by atoms with van der Waals surface area (Å²) < 4.78 is 6.71. The van der Waals surface area contributed by atoms with E-state index >= 15 is 0 Å². The number of rotatable bonds is 5. The molecule has 104 valence electrons. The van der Waals surface area contributed by atoms with Crippen LogP contribution in [0.5, 0.6) is 5.75 Å². The number of guanidine groups is 2. The van der Waals surface area contributed by atoms with Crippen molar-refractivity contribution in [3.05, 3.63) is 27.8 Å². The standard InChI is InChI=1S/C11H17IN6O/c1-7(16-11(15)18-17-10(13)14)6-19-9-4-2-3-8(12)5-9/h2-5,7H,6H2,1H3,(H4,13,14,17)(H3,15,16,18). The van der Waals surface area contributed by atoms with Gasteiger partial charge in [-0.15, -0.1) is 5.10 Å². The molecule has 7 N–H and O–H groups in total. The molecule has 1 atom stereocenters. The molecule has 8 heteroatoms. The van der Waals surface area contributed by atoms with Crippen LogP contribution < -0.4 is 27.4 Å². The predicted molar refractivity (Wildman–Crippen MR) is 84.7 cm³/mol. The first-order valence-electron chi connectivity index (χ1n) is 5.53. The quantitative estimate of drug-likeness (QED) is 0.252. The van der Waals surface area contributed by atoms with E-state index in [1.807, 2.05) is 31.2 Å². The normalized spacial score (nSPS) is 12.6. The van der Waals surface area contributed by atoms with Gasteiger partial charge in [-0.1, -0.05) is 6.07 Å². The van der Waals surface area contributed by atoms with Crippen molar-refractivity contribution in [2.75, 3.05) is 6.61 Å². The molecule has 1 aromatic carbocycles. The summed E-state index contributed by atoms with van der Waals surface area (Å²) in [6, 6.07) is 7.63. The maximum absolute atomic E-state index is 5.59. The van der Waals surface area contributed by atoms with Crippen molar-refractivity contribution < 1.29 is 4.74 Å². The summed E-state index contributed by atoms with van der Waals surface area (Å²) in [6.45, 7) is 2.28. The molecule has 0 heterocycles. The maximum atomic E-state index is 5.59. The Balaban J connectivity index is 2.45. The number of ether oxygens (including phenoxy) is 1. The molecule has 1 unspecified atom stereocenters. The SMILES string of the molecule is CC(COc1cccc(I)c1)N=C(N)NN=C(N)N. The summed E-state index contributed by atoms with van der Waals surface area (Å²) in [6.07, 6.45) is 0. The smallest absolute Gasteiger partial charge is 0.209 e. The number of nitrogens with two attached hydrogens (primary N) is 3. The molecule has 0 aliphatic heterocycles. The van der Waals surface area contributed by atoms with E-state index in [1.54, 1.807) is 0 Å². The fraction of sp³-hybridized carbons (Fsp3) is 0.273. The van der Waals surface area contributed by atoms with Crippen LogP contribution in [-0.2, 0) is 0 Å². The van der Waals surface area contributed by atoms with Crippen LogP contribution in [0.2, 0.25) is 0 Å². The molecular weight excluding hydrogens is 359 g/mol. The Bertz CT molecular complexity index is 472. The monoisotopic (exact) mass is 376 g/mol. The zero-order valence-corrected chi connectivity index (χ0v) is 12.7. The largest absolute Gasteiger partial charge is 0.491 e. The minimum atomic E-state index is -0.125. The molecule has 0 aliphatic carbocycles. The maximum Gasteiger partial charge on any atom is 0.209 e. The van der Waals surface area contributed by atoms with E-state index in [-0.39, 0.29) is 18.0 Å². The number of hydrogen-bond acceptors (Lipinski definition) is 3. The molecule has 0 bridgehead atoms. The molecule has 0 spiro atoms. The van der Waals surface area contributed by atoms with E-state index in [0.717, 1.165) is 9.32 Å². The van der Waals surface area contributed by atoms with E-state index in [4.69, 9.17) is 21.9 Å². The van der Waals surface area contributed by atoms with Gasteiger partial charge in [0.15, 0.2) is 0 Å². The van der Waals surface area contributed by atoms with Crippen LogP contribution in [0.4, 0.5) is 0 Å². The zero-order valence-electron chi connectivity index (χ0n) is 10.5. The number of nitrogens with zero attached hydrogens (tertiary/aromatic N) is 2. The van der Waals surface area contributed by atoms with Gasteiger partial charge >= 0.3 is 0 Å². The van der Waals surface area contributed by atoms with Crippen LogP contribution in [0.25, 0.3) is 0 Å². The van der Waals surface area contributed by atoms with Gasteiger partial charge in [0.05, 0.1) is 6.04 Å². The highest BCUT2D eigenvalue weighted by atomic mass is 127. The highest BCUT2D eigenvalue weighted by Crippen LogP contribution is 2.15. The van der Waals surface area contributed by atoms with Crippen LogP contribution in [0, 0.1) is 3.57 Å². The molecule has 0 saturated carbocycles. The van der Waals surface area contributed by atoms with Crippen molar-refractivity contribution in [2.24, 2.45) is 27.3 Å². The minimum absolute atomic E-state index is 0.110. The van der Waals surface area contributed by atoms with Crippen molar-refractivity contribution in [2.45, 2.75) is 13.0 Å². The van der Waals surface area contributed by atoms with Gasteiger partial charge in [-0.2, -0.15) is 0 Å². The summed E-state index contributed by atoms with van der Waals surface area (Å²) >= 11 is 2.22. The number of nitrogens with one attached hydrogen (secondary N) is 1. The molecule has 19 heavy (non-hydrogen) atoms. The number of hydrazone groups is 1. The molecule has 0 aromatic heterocycles. The topological polar surface area (TPSA) is 124 Å². The van der Waals surface area contributed by atoms with Crippen molar-refractivity contribution in [1.82, 2.24) is 5.43 Å². The second kappa shape index (κ2) is 7.67. The van der Waals surface area contributed by atoms with Gasteiger partial charge in [0.2, 0.25) is 11.9 Å². The number of halogens is 1. The molecule has 0 saturated heterocycles. The summed E-state index contributed by atoms with van der Waals surface area (Å²) in [5.74, 6) is 0.817. The van der Waals surface area contributed by atoms with Gasteiger partial charge in [-0.3, -0.25) is 0 Å². The zero-order chi connectivity index (χ0) is 14.3. The van der Waals surface area contributed by atoms with Crippen LogP contribution >= 0.6 is 22.6 Å². The Morgan fingerprint density at radius 2 is 2.16 bits per heavy atom. The first-order chi connectivity index (χ1) is 8.97. The second-order valence-electron chi connectivity index (χ2n) is 3.78. The van der Waals surface area contributed by atoms with E-state index in [0.29, 0.717) is 6.61 Å². The Morgan fingerprint density at radius 3 is 2.79 bits per heavy atom. The van der Waals surface area contributed by atoms with Gasteiger partial charge in [-0.05, 0) is 47.7 Å². The average Bonchev–Trinajstić information content (AvgIpc) is 2.34. The molecule has 7 nitrogen and oxygen atoms in total. The van der Waals surface area contributed by atoms with Crippen LogP contribution in [0.3, 0.4) is 0 Å². The lowest BCUT2D eigenvalue weighted by Crippen LogP contribution is -2.34. The molecular formula is C11H17IN6O. The Morgan fingerprint density at radius 1 is 1.42 bits per heavy atom. The first-order valence-corrected chi connectivity index (χ1v) is 6.61. The number of benzene rings is 1. The molecule has 0 aliphatic rings. The Kier molecular flexibility index (Phi) is 6.19. The van der Waals surface area contributed by atoms with Gasteiger partial charge in [0.1, 0.15) is 12.4 Å². The summed E-state index contributed by atoms with van der Waals surface area (Å²) in [7, 11) is 0. The lowest BCUT2D eigenvalue weighted by molar-refractivity contribution is 0.296. The highest BCUT2D eigenvalue weighted by molar-refractivity contribution is 14.1. The fourth-order valence-electron chi connectivity index (χ4n) is 1.20. The van der Waals surface area contributed by atoms with Crippen LogP contribution in [0.15, 0.2) is 34.4 Å². The van der Waals surface area contributed by atoms with E-state index in [2.05, 4.69) is 38.1 Å². The van der Waals surface area contributed by atoms with Crippen molar-refractivity contribution in [1.29, 1.82) is 0 Å². The highest BCUT2D eigenvalue weighted by Gasteiger charge is 2.02. The lowest BCUT2D eigenvalue weighted by Gasteiger charge is -2.10. The third-order valence-electron chi connectivity index (χ3n) is 1.95. The predicted octanol–water partition coefficient (Wildman–Crippen LogP) is 0.151. The third kappa shape index (κ3) is 6.70.